The first-order valence-electron chi connectivity index (χ1n) is 11.2. The highest BCUT2D eigenvalue weighted by atomic mass is 19.1. The number of amides is 2. The summed E-state index contributed by atoms with van der Waals surface area (Å²) in [5.74, 6) is -0.982. The van der Waals surface area contributed by atoms with Gasteiger partial charge in [0.1, 0.15) is 11.5 Å². The molecule has 168 valence electrons. The van der Waals surface area contributed by atoms with Crippen LogP contribution in [0.3, 0.4) is 0 Å². The molecule has 1 N–H and O–H groups in total. The Balaban J connectivity index is 1.68. The van der Waals surface area contributed by atoms with Crippen molar-refractivity contribution in [3.63, 3.8) is 0 Å². The SMILES string of the molecule is CCc1ccc(NC2=C(c3ccc(C)cc3C)C(=O)N(CCc3ccc(F)cc3)C2=O)cc1. The number of anilines is 1. The second-order valence-corrected chi connectivity index (χ2v) is 8.38. The normalized spacial score (nSPS) is 13.8. The number of halogens is 1. The molecule has 3 aromatic carbocycles. The molecule has 0 atom stereocenters. The van der Waals surface area contributed by atoms with Gasteiger partial charge in [-0.15, -0.1) is 0 Å². The summed E-state index contributed by atoms with van der Waals surface area (Å²) in [4.78, 5) is 28.2. The number of rotatable bonds is 7. The van der Waals surface area contributed by atoms with E-state index in [-0.39, 0.29) is 29.9 Å². The Hall–Kier alpha value is -3.73. The van der Waals surface area contributed by atoms with E-state index in [1.54, 1.807) is 12.1 Å². The second kappa shape index (κ2) is 9.41. The van der Waals surface area contributed by atoms with E-state index in [1.165, 1.54) is 22.6 Å². The fourth-order valence-electron chi connectivity index (χ4n) is 4.10. The van der Waals surface area contributed by atoms with Crippen molar-refractivity contribution in [3.05, 3.63) is 106 Å². The average Bonchev–Trinajstić information content (AvgIpc) is 3.03. The molecule has 5 heteroatoms. The number of carbonyl (C=O) groups excluding carboxylic acids is 2. The summed E-state index contributed by atoms with van der Waals surface area (Å²) >= 11 is 0. The van der Waals surface area contributed by atoms with Gasteiger partial charge < -0.3 is 5.32 Å². The molecule has 3 aromatic rings. The Bertz CT molecular complexity index is 1230. The van der Waals surface area contributed by atoms with Gasteiger partial charge >= 0.3 is 0 Å². The number of imide groups is 1. The number of nitrogens with zero attached hydrogens (tertiary/aromatic N) is 1. The molecule has 2 amide bonds. The molecule has 0 radical (unpaired) electrons. The first-order valence-corrected chi connectivity index (χ1v) is 11.2. The van der Waals surface area contributed by atoms with Crippen molar-refractivity contribution in [2.45, 2.75) is 33.6 Å². The fraction of sp³-hybridized carbons (Fsp3) is 0.214. The number of carbonyl (C=O) groups is 2. The summed E-state index contributed by atoms with van der Waals surface area (Å²) in [6, 6.07) is 19.8. The van der Waals surface area contributed by atoms with Gasteiger partial charge in [0.15, 0.2) is 0 Å². The van der Waals surface area contributed by atoms with Crippen LogP contribution in [0.15, 0.2) is 72.4 Å². The summed E-state index contributed by atoms with van der Waals surface area (Å²) in [7, 11) is 0. The highest BCUT2D eigenvalue weighted by Crippen LogP contribution is 2.32. The van der Waals surface area contributed by atoms with E-state index in [4.69, 9.17) is 0 Å². The van der Waals surface area contributed by atoms with Gasteiger partial charge in [0, 0.05) is 12.2 Å². The van der Waals surface area contributed by atoms with Crippen LogP contribution in [-0.4, -0.2) is 23.3 Å². The van der Waals surface area contributed by atoms with E-state index in [0.717, 1.165) is 34.4 Å². The van der Waals surface area contributed by atoms with E-state index in [0.29, 0.717) is 12.0 Å². The van der Waals surface area contributed by atoms with Crippen molar-refractivity contribution < 1.29 is 14.0 Å². The molecule has 1 aliphatic heterocycles. The minimum atomic E-state index is -0.350. The Morgan fingerprint density at radius 2 is 1.52 bits per heavy atom. The molecular formula is C28H27FN2O2. The van der Waals surface area contributed by atoms with Crippen LogP contribution >= 0.6 is 0 Å². The first kappa shape index (κ1) is 22.5. The quantitative estimate of drug-likeness (QED) is 0.496. The van der Waals surface area contributed by atoms with Gasteiger partial charge in [0.05, 0.1) is 5.57 Å². The Morgan fingerprint density at radius 1 is 0.848 bits per heavy atom. The molecule has 33 heavy (non-hydrogen) atoms. The number of benzene rings is 3. The highest BCUT2D eigenvalue weighted by Gasteiger charge is 2.39. The predicted molar refractivity (Wildman–Crippen MR) is 129 cm³/mol. The molecule has 0 saturated heterocycles. The van der Waals surface area contributed by atoms with E-state index in [9.17, 15) is 14.0 Å². The minimum absolute atomic E-state index is 0.220. The monoisotopic (exact) mass is 442 g/mol. The van der Waals surface area contributed by atoms with Crippen molar-refractivity contribution in [2.24, 2.45) is 0 Å². The number of hydrogen-bond acceptors (Lipinski definition) is 3. The van der Waals surface area contributed by atoms with Crippen LogP contribution in [0.4, 0.5) is 10.1 Å². The first-order chi connectivity index (χ1) is 15.9. The minimum Gasteiger partial charge on any atom is -0.350 e. The number of nitrogens with one attached hydrogen (secondary N) is 1. The summed E-state index contributed by atoms with van der Waals surface area (Å²) in [5.41, 5.74) is 6.26. The van der Waals surface area contributed by atoms with Crippen LogP contribution in [-0.2, 0) is 22.4 Å². The lowest BCUT2D eigenvalue weighted by Crippen LogP contribution is -2.34. The average molecular weight is 443 g/mol. The Labute approximate surface area is 193 Å². The van der Waals surface area contributed by atoms with Gasteiger partial charge in [0.25, 0.3) is 11.8 Å². The number of aryl methyl sites for hydroxylation is 3. The van der Waals surface area contributed by atoms with E-state index < -0.39 is 0 Å². The molecule has 1 heterocycles. The predicted octanol–water partition coefficient (Wildman–Crippen LogP) is 5.44. The van der Waals surface area contributed by atoms with Gasteiger partial charge in [-0.2, -0.15) is 0 Å². The standard InChI is InChI=1S/C28H27FN2O2/c1-4-20-8-12-23(13-9-20)30-26-25(24-14-5-18(2)17-19(24)3)27(32)31(28(26)33)16-15-21-6-10-22(29)11-7-21/h5-14,17,30H,4,15-16H2,1-3H3. The zero-order valence-corrected chi connectivity index (χ0v) is 19.1. The van der Waals surface area contributed by atoms with Crippen LogP contribution < -0.4 is 5.32 Å². The van der Waals surface area contributed by atoms with Crippen molar-refractivity contribution in [1.82, 2.24) is 4.90 Å². The molecule has 0 aliphatic carbocycles. The highest BCUT2D eigenvalue weighted by molar-refractivity contribution is 6.36. The smallest absolute Gasteiger partial charge is 0.278 e. The van der Waals surface area contributed by atoms with Gasteiger partial charge in [0.2, 0.25) is 0 Å². The lowest BCUT2D eigenvalue weighted by Gasteiger charge is -2.15. The lowest BCUT2D eigenvalue weighted by molar-refractivity contribution is -0.136. The lowest BCUT2D eigenvalue weighted by atomic mass is 9.97. The van der Waals surface area contributed by atoms with Gasteiger partial charge in [-0.3, -0.25) is 14.5 Å². The third kappa shape index (κ3) is 4.72. The fourth-order valence-corrected chi connectivity index (χ4v) is 4.10. The van der Waals surface area contributed by atoms with Crippen LogP contribution in [0.2, 0.25) is 0 Å². The van der Waals surface area contributed by atoms with Crippen LogP contribution in [0, 0.1) is 19.7 Å². The summed E-state index contributed by atoms with van der Waals surface area (Å²) in [5, 5.41) is 3.22. The van der Waals surface area contributed by atoms with Crippen molar-refractivity contribution in [1.29, 1.82) is 0 Å². The molecule has 0 spiro atoms. The van der Waals surface area contributed by atoms with Crippen LogP contribution in [0.5, 0.6) is 0 Å². The van der Waals surface area contributed by atoms with Crippen LogP contribution in [0.25, 0.3) is 5.57 Å². The molecule has 0 aromatic heterocycles. The maximum absolute atomic E-state index is 13.5. The summed E-state index contributed by atoms with van der Waals surface area (Å²) in [6.45, 7) is 6.25. The van der Waals surface area contributed by atoms with E-state index in [2.05, 4.69) is 12.2 Å². The molecule has 4 nitrogen and oxygen atoms in total. The third-order valence-corrected chi connectivity index (χ3v) is 5.99. The zero-order valence-electron chi connectivity index (χ0n) is 19.1. The molecule has 0 fully saturated rings. The molecular weight excluding hydrogens is 415 g/mol. The van der Waals surface area contributed by atoms with Crippen LogP contribution in [0.1, 0.15) is 34.7 Å². The van der Waals surface area contributed by atoms with E-state index in [1.807, 2.05) is 56.3 Å². The van der Waals surface area contributed by atoms with Crippen molar-refractivity contribution >= 4 is 23.1 Å². The maximum atomic E-state index is 13.5. The molecule has 4 rings (SSSR count). The maximum Gasteiger partial charge on any atom is 0.278 e. The van der Waals surface area contributed by atoms with Crippen molar-refractivity contribution in [2.75, 3.05) is 11.9 Å². The molecule has 1 aliphatic rings. The largest absolute Gasteiger partial charge is 0.350 e. The third-order valence-electron chi connectivity index (χ3n) is 5.99. The van der Waals surface area contributed by atoms with E-state index >= 15 is 0 Å². The molecule has 0 unspecified atom stereocenters. The Morgan fingerprint density at radius 3 is 2.15 bits per heavy atom. The number of hydrogen-bond donors (Lipinski definition) is 1. The van der Waals surface area contributed by atoms with Crippen molar-refractivity contribution in [3.8, 4) is 0 Å². The van der Waals surface area contributed by atoms with Gasteiger partial charge in [-0.05, 0) is 73.2 Å². The second-order valence-electron chi connectivity index (χ2n) is 8.38. The Kier molecular flexibility index (Phi) is 6.40. The topological polar surface area (TPSA) is 49.4 Å². The van der Waals surface area contributed by atoms with Gasteiger partial charge in [-0.25, -0.2) is 4.39 Å². The summed E-state index contributed by atoms with van der Waals surface area (Å²) < 4.78 is 13.2. The zero-order chi connectivity index (χ0) is 23.5. The molecule has 0 saturated carbocycles. The van der Waals surface area contributed by atoms with Gasteiger partial charge in [-0.1, -0.05) is 55.0 Å². The summed E-state index contributed by atoms with van der Waals surface area (Å²) in [6.07, 6.45) is 1.38. The molecule has 0 bridgehead atoms.